The van der Waals surface area contributed by atoms with Gasteiger partial charge in [0.25, 0.3) is 11.7 Å². The molecule has 6 rings (SSSR count). The fourth-order valence-corrected chi connectivity index (χ4v) is 5.64. The van der Waals surface area contributed by atoms with E-state index >= 15 is 0 Å². The Balaban J connectivity index is 1.20. The van der Waals surface area contributed by atoms with Gasteiger partial charge >= 0.3 is 0 Å². The van der Waals surface area contributed by atoms with Crippen molar-refractivity contribution in [1.29, 1.82) is 0 Å². The first-order chi connectivity index (χ1) is 16.6. The maximum absolute atomic E-state index is 13.4. The van der Waals surface area contributed by atoms with Crippen LogP contribution < -0.4 is 4.90 Å². The fourth-order valence-electron chi connectivity index (χ4n) is 4.51. The molecule has 1 amide bonds. The lowest BCUT2D eigenvalue weighted by Gasteiger charge is -2.35. The summed E-state index contributed by atoms with van der Waals surface area (Å²) in [5, 5.41) is 10.1. The number of anilines is 1. The molecule has 10 heteroatoms. The van der Waals surface area contributed by atoms with Crippen LogP contribution in [0.2, 0.25) is 0 Å². The van der Waals surface area contributed by atoms with Gasteiger partial charge in [-0.05, 0) is 25.5 Å². The molecule has 0 bridgehead atoms. The molecule has 5 aromatic rings. The minimum atomic E-state index is 0.0864. The van der Waals surface area contributed by atoms with Gasteiger partial charge in [0.05, 0.1) is 17.1 Å². The smallest absolute Gasteiger partial charge is 0.264 e. The van der Waals surface area contributed by atoms with Crippen molar-refractivity contribution in [3.8, 4) is 0 Å². The van der Waals surface area contributed by atoms with E-state index < -0.39 is 0 Å². The number of amides is 1. The standard InChI is InChI=1S/C24H24N8OS/c1-16-12-21(32-24(27-16)25-15-26-32)29-8-10-30(11-9-29)22(33)20-13-19-17(2)28-31(23(19)34-20)14-18-6-4-3-5-7-18/h3-7,12-13,15H,8-11,14H2,1-2H3. The lowest BCUT2D eigenvalue weighted by atomic mass is 10.2. The van der Waals surface area contributed by atoms with E-state index in [4.69, 9.17) is 5.10 Å². The SMILES string of the molecule is Cc1cc(N2CCN(C(=O)c3cc4c(C)nn(Cc5ccccc5)c4s3)CC2)n2ncnc2n1. The van der Waals surface area contributed by atoms with Crippen molar-refractivity contribution in [2.45, 2.75) is 20.4 Å². The van der Waals surface area contributed by atoms with Crippen molar-refractivity contribution in [2.24, 2.45) is 0 Å². The molecular formula is C24H24N8OS. The normalized spacial score (nSPS) is 14.4. The Morgan fingerprint density at radius 2 is 1.85 bits per heavy atom. The Labute approximate surface area is 200 Å². The number of hydrogen-bond acceptors (Lipinski definition) is 7. The summed E-state index contributed by atoms with van der Waals surface area (Å²) >= 11 is 1.53. The Hall–Kier alpha value is -3.79. The van der Waals surface area contributed by atoms with Crippen LogP contribution in [0.1, 0.15) is 26.6 Å². The van der Waals surface area contributed by atoms with Crippen molar-refractivity contribution in [3.63, 3.8) is 0 Å². The number of rotatable bonds is 4. The van der Waals surface area contributed by atoms with Crippen molar-refractivity contribution in [3.05, 3.63) is 70.6 Å². The predicted octanol–water partition coefficient (Wildman–Crippen LogP) is 3.16. The quantitative estimate of drug-likeness (QED) is 0.400. The molecule has 1 fully saturated rings. The third-order valence-corrected chi connectivity index (χ3v) is 7.38. The van der Waals surface area contributed by atoms with E-state index in [-0.39, 0.29) is 5.91 Å². The van der Waals surface area contributed by atoms with Crippen LogP contribution in [0, 0.1) is 13.8 Å². The van der Waals surface area contributed by atoms with Gasteiger partial charge in [0.1, 0.15) is 17.0 Å². The second-order valence-electron chi connectivity index (χ2n) is 8.56. The molecule has 34 heavy (non-hydrogen) atoms. The van der Waals surface area contributed by atoms with Crippen LogP contribution in [0.25, 0.3) is 16.0 Å². The van der Waals surface area contributed by atoms with Crippen LogP contribution in [0.4, 0.5) is 5.82 Å². The molecule has 1 aliphatic heterocycles. The Bertz CT molecular complexity index is 1490. The number of piperazine rings is 1. The van der Waals surface area contributed by atoms with Crippen LogP contribution in [0.3, 0.4) is 0 Å². The van der Waals surface area contributed by atoms with Crippen LogP contribution in [0.5, 0.6) is 0 Å². The van der Waals surface area contributed by atoms with E-state index in [1.54, 1.807) is 4.52 Å². The van der Waals surface area contributed by atoms with E-state index in [0.29, 0.717) is 25.4 Å². The van der Waals surface area contributed by atoms with E-state index in [2.05, 4.69) is 32.1 Å². The summed E-state index contributed by atoms with van der Waals surface area (Å²) in [6, 6.07) is 14.3. The molecule has 4 aromatic heterocycles. The largest absolute Gasteiger partial charge is 0.353 e. The number of benzene rings is 1. The van der Waals surface area contributed by atoms with Gasteiger partial charge in [-0.2, -0.15) is 19.7 Å². The Kier molecular flexibility index (Phi) is 5.02. The second-order valence-corrected chi connectivity index (χ2v) is 9.60. The molecule has 5 heterocycles. The fraction of sp³-hybridized carbons (Fsp3) is 0.292. The summed E-state index contributed by atoms with van der Waals surface area (Å²) in [4.78, 5) is 28.0. The number of aromatic nitrogens is 6. The minimum Gasteiger partial charge on any atom is -0.353 e. The summed E-state index contributed by atoms with van der Waals surface area (Å²) in [6.45, 7) is 7.43. The topological polar surface area (TPSA) is 84.5 Å². The molecule has 1 aliphatic rings. The van der Waals surface area contributed by atoms with Crippen molar-refractivity contribution in [1.82, 2.24) is 34.3 Å². The van der Waals surface area contributed by atoms with E-state index in [9.17, 15) is 4.79 Å². The lowest BCUT2D eigenvalue weighted by Crippen LogP contribution is -2.49. The first kappa shape index (κ1) is 20.8. The molecule has 0 N–H and O–H groups in total. The minimum absolute atomic E-state index is 0.0864. The number of carbonyl (C=O) groups is 1. The number of thiophene rings is 1. The van der Waals surface area contributed by atoms with Crippen LogP contribution >= 0.6 is 11.3 Å². The summed E-state index contributed by atoms with van der Waals surface area (Å²) in [5.41, 5.74) is 3.05. The van der Waals surface area contributed by atoms with Crippen LogP contribution in [-0.2, 0) is 6.54 Å². The lowest BCUT2D eigenvalue weighted by molar-refractivity contribution is 0.0751. The molecule has 9 nitrogen and oxygen atoms in total. The Morgan fingerprint density at radius 1 is 1.06 bits per heavy atom. The molecule has 0 unspecified atom stereocenters. The van der Waals surface area contributed by atoms with Gasteiger partial charge in [0, 0.05) is 43.3 Å². The first-order valence-corrected chi connectivity index (χ1v) is 12.1. The van der Waals surface area contributed by atoms with E-state index in [1.165, 1.54) is 23.2 Å². The van der Waals surface area contributed by atoms with Gasteiger partial charge in [-0.1, -0.05) is 30.3 Å². The zero-order valence-corrected chi connectivity index (χ0v) is 19.9. The monoisotopic (exact) mass is 472 g/mol. The number of nitrogens with zero attached hydrogens (tertiary/aromatic N) is 8. The van der Waals surface area contributed by atoms with Gasteiger partial charge in [-0.25, -0.2) is 4.98 Å². The molecular weight excluding hydrogens is 448 g/mol. The molecule has 172 valence electrons. The highest BCUT2D eigenvalue weighted by Gasteiger charge is 2.26. The van der Waals surface area contributed by atoms with Gasteiger partial charge in [0.2, 0.25) is 0 Å². The maximum Gasteiger partial charge on any atom is 0.264 e. The summed E-state index contributed by atoms with van der Waals surface area (Å²) in [7, 11) is 0. The highest BCUT2D eigenvalue weighted by molar-refractivity contribution is 7.20. The maximum atomic E-state index is 13.4. The van der Waals surface area contributed by atoms with Gasteiger partial charge < -0.3 is 9.80 Å². The predicted molar refractivity (Wildman–Crippen MR) is 132 cm³/mol. The molecule has 0 aliphatic carbocycles. The Morgan fingerprint density at radius 3 is 2.65 bits per heavy atom. The number of hydrogen-bond donors (Lipinski definition) is 0. The molecule has 0 saturated carbocycles. The highest BCUT2D eigenvalue weighted by atomic mass is 32.1. The summed E-state index contributed by atoms with van der Waals surface area (Å²) in [5.74, 6) is 1.65. The third-order valence-electron chi connectivity index (χ3n) is 6.25. The van der Waals surface area contributed by atoms with Crippen molar-refractivity contribution in [2.75, 3.05) is 31.1 Å². The van der Waals surface area contributed by atoms with Crippen molar-refractivity contribution < 1.29 is 4.79 Å². The van der Waals surface area contributed by atoms with Crippen LogP contribution in [0.15, 0.2) is 48.8 Å². The van der Waals surface area contributed by atoms with E-state index in [0.717, 1.165) is 45.4 Å². The molecule has 1 aromatic carbocycles. The average molecular weight is 473 g/mol. The summed E-state index contributed by atoms with van der Waals surface area (Å²) in [6.07, 6.45) is 1.52. The second kappa shape index (κ2) is 8.21. The number of fused-ring (bicyclic) bond motifs is 2. The zero-order chi connectivity index (χ0) is 23.2. The molecule has 0 spiro atoms. The van der Waals surface area contributed by atoms with E-state index in [1.807, 2.05) is 53.8 Å². The van der Waals surface area contributed by atoms with Gasteiger partial charge in [-0.15, -0.1) is 11.3 Å². The van der Waals surface area contributed by atoms with Gasteiger partial charge in [-0.3, -0.25) is 9.48 Å². The highest BCUT2D eigenvalue weighted by Crippen LogP contribution is 2.30. The van der Waals surface area contributed by atoms with Crippen molar-refractivity contribution >= 4 is 39.1 Å². The molecule has 0 atom stereocenters. The number of aryl methyl sites for hydroxylation is 2. The van der Waals surface area contributed by atoms with Gasteiger partial charge in [0.15, 0.2) is 0 Å². The van der Waals surface area contributed by atoms with Crippen LogP contribution in [-0.4, -0.2) is 66.3 Å². The number of carbonyl (C=O) groups excluding carboxylic acids is 1. The average Bonchev–Trinajstić information content (AvgIpc) is 3.56. The third kappa shape index (κ3) is 3.60. The molecule has 1 saturated heterocycles. The molecule has 0 radical (unpaired) electrons. The first-order valence-electron chi connectivity index (χ1n) is 11.3. The summed E-state index contributed by atoms with van der Waals surface area (Å²) < 4.78 is 3.77. The zero-order valence-electron chi connectivity index (χ0n) is 19.0.